The van der Waals surface area contributed by atoms with Gasteiger partial charge in [0, 0.05) is 26.0 Å². The summed E-state index contributed by atoms with van der Waals surface area (Å²) in [5.41, 5.74) is 5.48. The molecule has 3 nitrogen and oxygen atoms in total. The van der Waals surface area contributed by atoms with Gasteiger partial charge in [0.15, 0.2) is 0 Å². The topological polar surface area (TPSA) is 53.4 Å². The Bertz CT molecular complexity index is 1260. The molecule has 1 aromatic heterocycles. The van der Waals surface area contributed by atoms with E-state index in [-0.39, 0.29) is 38.2 Å². The number of fused-ring (bicyclic) bond motifs is 2. The fourth-order valence-electron chi connectivity index (χ4n) is 9.48. The van der Waals surface area contributed by atoms with Crippen molar-refractivity contribution in [2.75, 3.05) is 0 Å². The maximum Gasteiger partial charge on any atom is 0.0626 e. The van der Waals surface area contributed by atoms with E-state index < -0.39 is 0 Å². The normalized spacial score (nSPS) is 30.0. The third-order valence-electron chi connectivity index (χ3n) is 11.5. The van der Waals surface area contributed by atoms with Crippen molar-refractivity contribution in [1.29, 1.82) is 0 Å². The molecule has 2 N–H and O–H groups in total. The van der Waals surface area contributed by atoms with E-state index in [1.807, 2.05) is 18.2 Å². The number of aliphatic hydroxyl groups is 2. The van der Waals surface area contributed by atoms with Crippen LogP contribution in [0.15, 0.2) is 48.5 Å². The maximum absolute atomic E-state index is 11.4. The summed E-state index contributed by atoms with van der Waals surface area (Å²) in [4.78, 5) is 4.70. The van der Waals surface area contributed by atoms with Crippen molar-refractivity contribution < 1.29 is 30.3 Å². The number of para-hydroxylation sites is 1. The van der Waals surface area contributed by atoms with Crippen molar-refractivity contribution in [3.8, 4) is 11.3 Å². The second kappa shape index (κ2) is 15.1. The molecule has 0 bridgehead atoms. The summed E-state index contributed by atoms with van der Waals surface area (Å²) in [7, 11) is 0. The van der Waals surface area contributed by atoms with Crippen LogP contribution in [0.2, 0.25) is 0 Å². The fraction of sp³-hybridized carbons (Fsp3) is 0.615. The zero-order chi connectivity index (χ0) is 29.1. The molecule has 0 amide bonds. The predicted octanol–water partition coefficient (Wildman–Crippen LogP) is 9.24. The first kappa shape index (κ1) is 32.8. The van der Waals surface area contributed by atoms with Crippen LogP contribution in [0.4, 0.5) is 0 Å². The molecule has 0 spiro atoms. The summed E-state index contributed by atoms with van der Waals surface area (Å²) in [6.07, 6.45) is 17.7. The molecule has 2 aromatic carbocycles. The van der Waals surface area contributed by atoms with E-state index in [1.165, 1.54) is 101 Å². The first-order valence-corrected chi connectivity index (χ1v) is 17.2. The molecule has 4 atom stereocenters. The fourth-order valence-corrected chi connectivity index (χ4v) is 9.48. The summed E-state index contributed by atoms with van der Waals surface area (Å²) in [6.45, 7) is 4.17. The van der Waals surface area contributed by atoms with E-state index in [4.69, 9.17) is 4.98 Å². The van der Waals surface area contributed by atoms with Gasteiger partial charge in [0.2, 0.25) is 0 Å². The van der Waals surface area contributed by atoms with Gasteiger partial charge in [-0.15, -0.1) is 34.9 Å². The number of aryl methyl sites for hydroxylation is 2. The zero-order valence-corrected chi connectivity index (χ0v) is 28.7. The molecular weight excluding hydrogens is 707 g/mol. The van der Waals surface area contributed by atoms with Crippen molar-refractivity contribution in [1.82, 2.24) is 4.98 Å². The Morgan fingerprint density at radius 2 is 1.21 bits per heavy atom. The van der Waals surface area contributed by atoms with Gasteiger partial charge in [0.25, 0.3) is 0 Å². The van der Waals surface area contributed by atoms with Crippen molar-refractivity contribution >= 4 is 10.9 Å². The quantitative estimate of drug-likeness (QED) is 0.262. The third-order valence-corrected chi connectivity index (χ3v) is 11.5. The molecule has 3 aromatic rings. The number of benzene rings is 2. The average molecular weight is 759 g/mol. The number of rotatable bonds is 3. The van der Waals surface area contributed by atoms with Crippen LogP contribution in [0.3, 0.4) is 0 Å². The van der Waals surface area contributed by atoms with Crippen LogP contribution in [0.1, 0.15) is 101 Å². The number of hydrogen-bond acceptors (Lipinski definition) is 3. The van der Waals surface area contributed by atoms with Gasteiger partial charge in [0.1, 0.15) is 0 Å². The van der Waals surface area contributed by atoms with Crippen LogP contribution in [0.25, 0.3) is 22.2 Å². The van der Waals surface area contributed by atoms with E-state index in [0.717, 1.165) is 34.2 Å². The molecule has 43 heavy (non-hydrogen) atoms. The zero-order valence-electron chi connectivity index (χ0n) is 26.3. The maximum atomic E-state index is 11.4. The predicted molar refractivity (Wildman–Crippen MR) is 173 cm³/mol. The number of nitrogens with zero attached hydrogens (tertiary/aromatic N) is 1. The Labute approximate surface area is 273 Å². The summed E-state index contributed by atoms with van der Waals surface area (Å²) in [6, 6.07) is 20.0. The largest absolute Gasteiger partial charge is 0.392 e. The molecule has 1 radical (unpaired) electrons. The number of hydrogen-bond donors (Lipinski definition) is 2. The van der Waals surface area contributed by atoms with Crippen molar-refractivity contribution in [3.63, 3.8) is 0 Å². The summed E-state index contributed by atoms with van der Waals surface area (Å²) in [5, 5.41) is 24.0. The summed E-state index contributed by atoms with van der Waals surface area (Å²) < 4.78 is 0. The van der Waals surface area contributed by atoms with E-state index in [0.29, 0.717) is 17.8 Å². The minimum absolute atomic E-state index is 0. The standard InChI is InChI=1S/C22H38O2.C17H14N.Ir/c23-21-18(15-7-1-2-8-15)13-5-11-17-12-6-14-19(22(24)20(17)21)16-9-3-4-10-16;1-12-9-13(2)11-15(10-12)17-8-7-14-5-3-4-6-16(14)18-17;/h15-24H,1-14H2;3-10H,1-2H3;/q;-1;/t17?,18-,19-,20?,21?,22?;;/m1../s1. The van der Waals surface area contributed by atoms with Gasteiger partial charge in [-0.1, -0.05) is 108 Å². The van der Waals surface area contributed by atoms with Crippen LogP contribution in [-0.4, -0.2) is 27.4 Å². The minimum atomic E-state index is -0.238. The van der Waals surface area contributed by atoms with E-state index >= 15 is 0 Å². The minimum Gasteiger partial charge on any atom is -0.392 e. The molecular formula is C39H52IrNO2-. The second-order valence-corrected chi connectivity index (χ2v) is 14.2. The Hall–Kier alpha value is -1.58. The second-order valence-electron chi connectivity index (χ2n) is 14.2. The molecule has 4 heteroatoms. The van der Waals surface area contributed by atoms with Gasteiger partial charge >= 0.3 is 0 Å². The van der Waals surface area contributed by atoms with Crippen LogP contribution in [0, 0.1) is 55.4 Å². The average Bonchev–Trinajstić information content (AvgIpc) is 3.67. The Kier molecular flexibility index (Phi) is 11.5. The molecule has 4 fully saturated rings. The van der Waals surface area contributed by atoms with Crippen LogP contribution in [0.5, 0.6) is 0 Å². The smallest absolute Gasteiger partial charge is 0.0626 e. The Morgan fingerprint density at radius 3 is 1.79 bits per heavy atom. The van der Waals surface area contributed by atoms with Crippen LogP contribution >= 0.6 is 0 Å². The van der Waals surface area contributed by atoms with Gasteiger partial charge in [-0.25, -0.2) is 0 Å². The monoisotopic (exact) mass is 759 g/mol. The number of aliphatic hydroxyl groups excluding tert-OH is 2. The molecule has 1 heterocycles. The molecule has 7 rings (SSSR count). The van der Waals surface area contributed by atoms with E-state index in [1.54, 1.807) is 0 Å². The Morgan fingerprint density at radius 1 is 0.651 bits per heavy atom. The summed E-state index contributed by atoms with van der Waals surface area (Å²) >= 11 is 0. The molecule has 2 unspecified atom stereocenters. The van der Waals surface area contributed by atoms with Crippen molar-refractivity contribution in [2.24, 2.45) is 35.5 Å². The van der Waals surface area contributed by atoms with Gasteiger partial charge in [-0.3, -0.25) is 4.98 Å². The first-order chi connectivity index (χ1) is 20.5. The summed E-state index contributed by atoms with van der Waals surface area (Å²) in [5.74, 6) is 3.16. The number of aromatic nitrogens is 1. The van der Waals surface area contributed by atoms with Crippen LogP contribution < -0.4 is 0 Å². The Balaban J connectivity index is 0.000000174. The van der Waals surface area contributed by atoms with Crippen molar-refractivity contribution in [2.45, 2.75) is 116 Å². The van der Waals surface area contributed by atoms with Gasteiger partial charge in [0.05, 0.1) is 17.7 Å². The number of pyridine rings is 1. The van der Waals surface area contributed by atoms with E-state index in [2.05, 4.69) is 50.2 Å². The molecule has 0 aliphatic heterocycles. The molecule has 4 saturated carbocycles. The SMILES string of the molecule is Cc1[c-]c(-c2ccc3ccccc3n2)cc(C)c1.OC1C2C(CCC[C@@H]1C1CCCC1)CCC[C@H](C1CCCC1)C2O.[Ir]. The molecule has 0 saturated heterocycles. The van der Waals surface area contributed by atoms with Gasteiger partial charge in [-0.2, -0.15) is 0 Å². The molecule has 4 aliphatic rings. The molecule has 4 aliphatic carbocycles. The van der Waals surface area contributed by atoms with E-state index in [9.17, 15) is 10.2 Å². The molecule has 235 valence electrons. The van der Waals surface area contributed by atoms with Crippen molar-refractivity contribution in [3.05, 3.63) is 65.7 Å². The van der Waals surface area contributed by atoms with Gasteiger partial charge < -0.3 is 10.2 Å². The van der Waals surface area contributed by atoms with Gasteiger partial charge in [-0.05, 0) is 72.4 Å². The third kappa shape index (κ3) is 7.63. The first-order valence-electron chi connectivity index (χ1n) is 17.2. The van der Waals surface area contributed by atoms with Crippen LogP contribution in [-0.2, 0) is 20.1 Å².